The smallest absolute Gasteiger partial charge is 0.248 e. The summed E-state index contributed by atoms with van der Waals surface area (Å²) in [5, 5.41) is 8.33. The van der Waals surface area contributed by atoms with Gasteiger partial charge < -0.3 is 64.8 Å². The monoisotopic (exact) mass is 1520 g/mol. The molecule has 3 N–H and O–H groups in total. The summed E-state index contributed by atoms with van der Waals surface area (Å²) >= 11 is 13.3. The van der Waals surface area contributed by atoms with Gasteiger partial charge >= 0.3 is 0 Å². The second-order valence-corrected chi connectivity index (χ2v) is 33.5. The molecule has 0 radical (unpaired) electrons. The minimum Gasteiger partial charge on any atom is -0.374 e. The van der Waals surface area contributed by atoms with Crippen LogP contribution in [0.4, 0.5) is 8.78 Å². The maximum Gasteiger partial charge on any atom is 0.248 e. The van der Waals surface area contributed by atoms with Crippen LogP contribution < -0.4 is 16.0 Å². The molecule has 0 aromatic rings. The fourth-order valence-electron chi connectivity index (χ4n) is 16.9. The summed E-state index contributed by atoms with van der Waals surface area (Å²) in [5.41, 5.74) is -2.14. The summed E-state index contributed by atoms with van der Waals surface area (Å²) in [6, 6.07) is -10.2. The van der Waals surface area contributed by atoms with Gasteiger partial charge in [0.25, 0.3) is 0 Å². The average Bonchev–Trinajstić information content (AvgIpc) is 1.26. The molecule has 13 atom stereocenters. The molecule has 25 nitrogen and oxygen atoms in total. The number of nitrogens with zero attached hydrogens (tertiary/aromatic N) is 9. The molecule has 2 saturated heterocycles. The van der Waals surface area contributed by atoms with Gasteiger partial charge in [-0.2, -0.15) is 0 Å². The largest absolute Gasteiger partial charge is 0.374 e. The van der Waals surface area contributed by atoms with Crippen LogP contribution in [0.15, 0.2) is 12.2 Å². The third-order valence-electron chi connectivity index (χ3n) is 23.3. The fourth-order valence-corrected chi connectivity index (χ4v) is 17.5. The number of halogens is 4. The zero-order valence-corrected chi connectivity index (χ0v) is 67.1. The van der Waals surface area contributed by atoms with Crippen molar-refractivity contribution < 1.29 is 71.1 Å². The van der Waals surface area contributed by atoms with Gasteiger partial charge in [-0.05, 0) is 139 Å². The fraction of sp³-hybridized carbons (Fsp3) is 0.816. The van der Waals surface area contributed by atoms with Crippen molar-refractivity contribution in [2.75, 3.05) is 82.6 Å². The zero-order chi connectivity index (χ0) is 78.4. The summed E-state index contributed by atoms with van der Waals surface area (Å²) in [7, 11) is 11.5. The van der Waals surface area contributed by atoms with Crippen LogP contribution in [0.1, 0.15) is 197 Å². The molecule has 5 fully saturated rings. The van der Waals surface area contributed by atoms with E-state index in [2.05, 4.69) is 16.0 Å². The van der Waals surface area contributed by atoms with Crippen molar-refractivity contribution in [2.24, 2.45) is 35.0 Å². The first kappa shape index (κ1) is 87.7. The molecule has 12 amide bonds. The third kappa shape index (κ3) is 22.0. The van der Waals surface area contributed by atoms with E-state index in [9.17, 15) is 37.5 Å². The Morgan fingerprint density at radius 2 is 1.28 bits per heavy atom. The van der Waals surface area contributed by atoms with Crippen molar-refractivity contribution >= 4 is 94.1 Å². The first-order valence-corrected chi connectivity index (χ1v) is 39.3. The molecule has 105 heavy (non-hydrogen) atoms. The molecule has 3 aliphatic carbocycles. The van der Waals surface area contributed by atoms with E-state index in [0.29, 0.717) is 70.6 Å². The van der Waals surface area contributed by atoms with Crippen LogP contribution in [0.2, 0.25) is 0 Å². The van der Waals surface area contributed by atoms with E-state index in [-0.39, 0.29) is 99.6 Å². The number of fused-ring (bicyclic) bond motifs is 3. The van der Waals surface area contributed by atoms with Gasteiger partial charge in [0.1, 0.15) is 53.9 Å². The number of carbonyl (C=O) groups is 12. The Morgan fingerprint density at radius 3 is 1.85 bits per heavy atom. The number of likely N-dealkylation sites (N-methyl/N-ethyl adjacent to an activating group) is 7. The van der Waals surface area contributed by atoms with Crippen molar-refractivity contribution in [3.8, 4) is 0 Å². The molecule has 29 heteroatoms. The number of alkyl halides is 4. The lowest BCUT2D eigenvalue weighted by Crippen LogP contribution is -2.71. The highest BCUT2D eigenvalue weighted by molar-refractivity contribution is 6.30. The van der Waals surface area contributed by atoms with Crippen LogP contribution >= 0.6 is 23.2 Å². The predicted molar refractivity (Wildman–Crippen MR) is 397 cm³/mol. The normalized spacial score (nSPS) is 31.2. The number of rotatable bonds is 16. The van der Waals surface area contributed by atoms with Crippen molar-refractivity contribution in [1.82, 2.24) is 60.0 Å². The maximum absolute atomic E-state index is 15.8. The summed E-state index contributed by atoms with van der Waals surface area (Å²) in [4.78, 5) is 193. The van der Waals surface area contributed by atoms with E-state index in [1.165, 1.54) is 95.6 Å². The Morgan fingerprint density at radius 1 is 0.648 bits per heavy atom. The SMILES string of the molecule is CCC[C@H]1C(=O)N[C@@H]([C@@H](C)CC)C(=O)N(C)CC(=O)N(C)[C@H]2C/C=C\CCN(C2=O)[C@@H](CC2CCC(C(F)F)CC2)C(=O)N(C)CC(=O)N[C@@H](CCC2CCC(Cl)C(Cl)C2)C(=O)N2C[C@H](OC(C)C)C[C@H]2C(=O)NC2(CC(C)(C)C2)C(=O)N(C)[C@@H](C(CC)CC)C(=O)N(C)[C@H](C(=O)N(C)C)CC(=O)N1C. The van der Waals surface area contributed by atoms with E-state index in [4.69, 9.17) is 27.9 Å². The molecule has 1 spiro atoms. The molecule has 3 aliphatic heterocycles. The van der Waals surface area contributed by atoms with Crippen LogP contribution in [0.25, 0.3) is 0 Å². The molecule has 3 unspecified atom stereocenters. The maximum atomic E-state index is 15.8. The van der Waals surface area contributed by atoms with E-state index in [1.54, 1.807) is 13.0 Å². The number of amides is 12. The molecule has 594 valence electrons. The van der Waals surface area contributed by atoms with Gasteiger partial charge in [0.15, 0.2) is 0 Å². The van der Waals surface area contributed by atoms with E-state index in [1.807, 2.05) is 61.5 Å². The molecule has 0 aromatic heterocycles. The van der Waals surface area contributed by atoms with Crippen LogP contribution in [-0.2, 0) is 62.3 Å². The molecular formula is C76H124Cl2F2N12O13. The summed E-state index contributed by atoms with van der Waals surface area (Å²) in [6.45, 7) is 15.4. The molecule has 6 rings (SSSR count). The molecule has 3 heterocycles. The van der Waals surface area contributed by atoms with Gasteiger partial charge in [0.05, 0.1) is 37.1 Å². The lowest BCUT2D eigenvalue weighted by molar-refractivity contribution is -0.161. The van der Waals surface area contributed by atoms with Gasteiger partial charge in [-0.15, -0.1) is 23.2 Å². The third-order valence-corrected chi connectivity index (χ3v) is 24.4. The van der Waals surface area contributed by atoms with Crippen molar-refractivity contribution in [3.05, 3.63) is 12.2 Å². The summed E-state index contributed by atoms with van der Waals surface area (Å²) < 4.78 is 34.6. The van der Waals surface area contributed by atoms with E-state index < -0.39 is 180 Å². The van der Waals surface area contributed by atoms with Crippen molar-refractivity contribution in [3.63, 3.8) is 0 Å². The highest BCUT2D eigenvalue weighted by Crippen LogP contribution is 2.50. The van der Waals surface area contributed by atoms with Crippen LogP contribution in [-0.4, -0.2) is 281 Å². The van der Waals surface area contributed by atoms with Gasteiger partial charge in [-0.25, -0.2) is 8.78 Å². The molecule has 6 aliphatic rings. The molecule has 0 aromatic carbocycles. The molecule has 3 saturated carbocycles. The van der Waals surface area contributed by atoms with Gasteiger partial charge in [-0.1, -0.05) is 86.3 Å². The first-order chi connectivity index (χ1) is 49.3. The number of ether oxygens (including phenoxy) is 1. The standard InChI is InChI=1S/C76H124Cl2F2N12O13/c1-18-25-55-66(96)82-63(46(7)19-2)72(102)86(13)42-62(95)88(15)56-26-23-22-24-35-91(71(56)101)59(37-48-27-31-50(32-28-48)65(79)80)70(100)85(12)41-60(93)81-54(34-30-47-29-33-52(77)53(78)36-47)68(98)92-40-51(105-45(5)6)38-57(92)67(97)83-76(43-75(8,9)44-76)74(104)90(17)64(49(20-3)21-4)73(103)89(16)58(69(99)84(10)11)39-61(94)87(55)14/h22-23,45-59,63-65H,18-21,24-44H2,1-17H3,(H,81,93)(H,82,96)(H,83,97)/b23-22-/t46-,47?,48?,50?,51+,52?,53?,54-,55-,56-,57-,58-,59-,63-,64-/m0/s1. The lowest BCUT2D eigenvalue weighted by Gasteiger charge is -2.54. The topological polar surface area (TPSA) is 279 Å². The zero-order valence-electron chi connectivity index (χ0n) is 65.6. The van der Waals surface area contributed by atoms with Gasteiger partial charge in [0.2, 0.25) is 77.3 Å². The second-order valence-electron chi connectivity index (χ2n) is 32.4. The highest BCUT2D eigenvalue weighted by atomic mass is 35.5. The number of carbonyl (C=O) groups excluding carboxylic acids is 12. The van der Waals surface area contributed by atoms with Crippen molar-refractivity contribution in [1.29, 1.82) is 0 Å². The van der Waals surface area contributed by atoms with E-state index >= 15 is 28.8 Å². The Bertz CT molecular complexity index is 3090. The number of hydrogen-bond acceptors (Lipinski definition) is 13. The second kappa shape index (κ2) is 38.7. The molecular weight excluding hydrogens is 1400 g/mol. The van der Waals surface area contributed by atoms with Crippen LogP contribution in [0, 0.1) is 35.0 Å². The number of nitrogens with one attached hydrogen (secondary N) is 3. The van der Waals surface area contributed by atoms with Crippen LogP contribution in [0.3, 0.4) is 0 Å². The van der Waals surface area contributed by atoms with Crippen molar-refractivity contribution in [2.45, 2.75) is 280 Å². The van der Waals surface area contributed by atoms with Gasteiger partial charge in [-0.3, -0.25) is 57.5 Å². The minimum absolute atomic E-state index is 0.000160. The lowest BCUT2D eigenvalue weighted by atomic mass is 9.58. The predicted octanol–water partition coefficient (Wildman–Crippen LogP) is 6.83. The van der Waals surface area contributed by atoms with Gasteiger partial charge in [0, 0.05) is 87.2 Å². The summed E-state index contributed by atoms with van der Waals surface area (Å²) in [5.74, 6) is -10.1. The Kier molecular flexibility index (Phi) is 32.3. The Hall–Kier alpha value is -6.22. The highest BCUT2D eigenvalue weighted by Gasteiger charge is 2.59. The average molecular weight is 1520 g/mol. The van der Waals surface area contributed by atoms with Crippen LogP contribution in [0.5, 0.6) is 0 Å². The first-order valence-electron chi connectivity index (χ1n) is 38.4. The quantitative estimate of drug-likeness (QED) is 0.106. The van der Waals surface area contributed by atoms with E-state index in [0.717, 1.165) is 4.90 Å². The molecule has 2 bridgehead atoms. The Balaban J connectivity index is 1.49. The summed E-state index contributed by atoms with van der Waals surface area (Å²) in [6.07, 6.45) is 5.03. The Labute approximate surface area is 632 Å². The number of hydrogen-bond donors (Lipinski definition) is 3. The minimum atomic E-state index is -2.54.